The highest BCUT2D eigenvalue weighted by atomic mass is 32.2. The average molecular weight is 424 g/mol. The first-order chi connectivity index (χ1) is 13.1. The zero-order chi connectivity index (χ0) is 19.2. The zero-order valence-electron chi connectivity index (χ0n) is 14.4. The van der Waals surface area contributed by atoms with Gasteiger partial charge in [-0.05, 0) is 11.4 Å². The van der Waals surface area contributed by atoms with Gasteiger partial charge in [0.15, 0.2) is 4.96 Å². The Morgan fingerprint density at radius 2 is 2.22 bits per heavy atom. The molecule has 0 bridgehead atoms. The molecular formula is C17H17N3O4S3. The number of aromatic nitrogens is 2. The Morgan fingerprint density at radius 3 is 2.96 bits per heavy atom. The summed E-state index contributed by atoms with van der Waals surface area (Å²) in [6.07, 6.45) is 1.77. The van der Waals surface area contributed by atoms with Crippen molar-refractivity contribution in [2.75, 3.05) is 12.9 Å². The number of thiazole rings is 1. The summed E-state index contributed by atoms with van der Waals surface area (Å²) in [5.41, 5.74) is 0.516. The number of carbonyl (C=O) groups excluding carboxylic acids is 2. The molecule has 1 amide bonds. The van der Waals surface area contributed by atoms with Crippen LogP contribution in [-0.2, 0) is 20.1 Å². The fourth-order valence-corrected chi connectivity index (χ4v) is 4.65. The second-order valence-electron chi connectivity index (χ2n) is 5.55. The van der Waals surface area contributed by atoms with Crippen molar-refractivity contribution >= 4 is 51.3 Å². The van der Waals surface area contributed by atoms with Gasteiger partial charge in [0, 0.05) is 28.3 Å². The summed E-state index contributed by atoms with van der Waals surface area (Å²) in [6, 6.07) is 4.82. The largest absolute Gasteiger partial charge is 0.469 e. The van der Waals surface area contributed by atoms with Crippen LogP contribution in [0, 0.1) is 0 Å². The van der Waals surface area contributed by atoms with Crippen LogP contribution in [-0.4, -0.2) is 34.1 Å². The molecule has 0 aliphatic rings. The van der Waals surface area contributed by atoms with Crippen LogP contribution in [0.25, 0.3) is 4.96 Å². The van der Waals surface area contributed by atoms with Gasteiger partial charge < -0.3 is 10.1 Å². The van der Waals surface area contributed by atoms with E-state index in [0.29, 0.717) is 16.4 Å². The van der Waals surface area contributed by atoms with Crippen LogP contribution < -0.4 is 10.9 Å². The first-order valence-electron chi connectivity index (χ1n) is 8.00. The molecule has 0 aliphatic carbocycles. The predicted octanol–water partition coefficient (Wildman–Crippen LogP) is 2.47. The number of thioether (sulfide) groups is 1. The minimum absolute atomic E-state index is 0.0841. The van der Waals surface area contributed by atoms with E-state index >= 15 is 0 Å². The molecule has 10 heteroatoms. The van der Waals surface area contributed by atoms with E-state index in [1.54, 1.807) is 11.6 Å². The summed E-state index contributed by atoms with van der Waals surface area (Å²) in [7, 11) is 1.32. The Labute approximate surface area is 167 Å². The summed E-state index contributed by atoms with van der Waals surface area (Å²) in [6.45, 7) is 0. The number of rotatable bonds is 8. The van der Waals surface area contributed by atoms with Crippen molar-refractivity contribution in [1.82, 2.24) is 14.7 Å². The highest BCUT2D eigenvalue weighted by Crippen LogP contribution is 2.23. The number of thiophene rings is 1. The Hall–Kier alpha value is -2.17. The second-order valence-corrected chi connectivity index (χ2v) is 8.39. The zero-order valence-corrected chi connectivity index (χ0v) is 16.9. The quantitative estimate of drug-likeness (QED) is 0.560. The van der Waals surface area contributed by atoms with Gasteiger partial charge in [-0.1, -0.05) is 6.07 Å². The lowest BCUT2D eigenvalue weighted by Gasteiger charge is -2.16. The first-order valence-corrected chi connectivity index (χ1v) is 10.9. The van der Waals surface area contributed by atoms with Crippen LogP contribution in [0.4, 0.5) is 0 Å². The first kappa shape index (κ1) is 19.6. The molecule has 0 aliphatic heterocycles. The summed E-state index contributed by atoms with van der Waals surface area (Å²) >= 11 is 4.23. The molecule has 0 fully saturated rings. The van der Waals surface area contributed by atoms with Crippen LogP contribution in [0.3, 0.4) is 0 Å². The molecule has 1 N–H and O–H groups in total. The topological polar surface area (TPSA) is 89.8 Å². The van der Waals surface area contributed by atoms with Crippen LogP contribution in [0.15, 0.2) is 40.0 Å². The van der Waals surface area contributed by atoms with Gasteiger partial charge in [0.1, 0.15) is 0 Å². The fourth-order valence-electron chi connectivity index (χ4n) is 2.41. The van der Waals surface area contributed by atoms with E-state index in [-0.39, 0.29) is 29.6 Å². The standard InChI is InChI=1S/C17H17N3O4S3/c1-24-16(23)8-12(13-3-2-5-26-13)19-14(21)10-25-9-11-7-15(22)20-4-6-27-17(20)18-11/h2-7,12H,8-10H2,1H3,(H,19,21). The van der Waals surface area contributed by atoms with Crippen molar-refractivity contribution < 1.29 is 14.3 Å². The van der Waals surface area contributed by atoms with E-state index < -0.39 is 6.04 Å². The number of methoxy groups -OCH3 is 1. The Balaban J connectivity index is 1.55. The van der Waals surface area contributed by atoms with Gasteiger partial charge >= 0.3 is 5.97 Å². The molecule has 0 aromatic carbocycles. The molecule has 0 radical (unpaired) electrons. The van der Waals surface area contributed by atoms with E-state index in [1.165, 1.54) is 52.0 Å². The van der Waals surface area contributed by atoms with E-state index in [0.717, 1.165) is 4.88 Å². The number of esters is 1. The number of nitrogens with zero attached hydrogens (tertiary/aromatic N) is 2. The third kappa shape index (κ3) is 5.18. The SMILES string of the molecule is COC(=O)CC(NC(=O)CSCc1cc(=O)n2ccsc2n1)c1cccs1. The van der Waals surface area contributed by atoms with Gasteiger partial charge in [0.05, 0.1) is 31.0 Å². The third-order valence-corrected chi connectivity index (χ3v) is 6.37. The monoisotopic (exact) mass is 423 g/mol. The number of hydrogen-bond donors (Lipinski definition) is 1. The number of amides is 1. The van der Waals surface area contributed by atoms with Crippen molar-refractivity contribution in [2.24, 2.45) is 0 Å². The maximum absolute atomic E-state index is 12.3. The normalized spacial score (nSPS) is 12.0. The number of hydrogen-bond acceptors (Lipinski definition) is 8. The summed E-state index contributed by atoms with van der Waals surface area (Å²) in [5, 5.41) is 6.57. The number of ether oxygens (including phenoxy) is 1. The molecule has 1 atom stereocenters. The highest BCUT2D eigenvalue weighted by molar-refractivity contribution is 7.99. The number of fused-ring (bicyclic) bond motifs is 1. The van der Waals surface area contributed by atoms with Crippen molar-refractivity contribution in [3.63, 3.8) is 0 Å². The minimum atomic E-state index is -0.407. The van der Waals surface area contributed by atoms with Gasteiger partial charge in [-0.3, -0.25) is 18.8 Å². The maximum atomic E-state index is 12.3. The molecule has 0 saturated carbocycles. The molecule has 3 rings (SSSR count). The van der Waals surface area contributed by atoms with Gasteiger partial charge in [0.25, 0.3) is 5.56 Å². The Morgan fingerprint density at radius 1 is 1.37 bits per heavy atom. The smallest absolute Gasteiger partial charge is 0.307 e. The molecule has 7 nitrogen and oxygen atoms in total. The molecule has 1 unspecified atom stereocenters. The van der Waals surface area contributed by atoms with Crippen LogP contribution in [0.2, 0.25) is 0 Å². The lowest BCUT2D eigenvalue weighted by Crippen LogP contribution is -2.31. The molecule has 0 spiro atoms. The van der Waals surface area contributed by atoms with E-state index in [2.05, 4.69) is 10.3 Å². The molecule has 3 heterocycles. The van der Waals surface area contributed by atoms with Crippen molar-refractivity contribution in [3.8, 4) is 0 Å². The summed E-state index contributed by atoms with van der Waals surface area (Å²) < 4.78 is 6.20. The van der Waals surface area contributed by atoms with E-state index in [4.69, 9.17) is 4.74 Å². The second kappa shape index (κ2) is 9.16. The van der Waals surface area contributed by atoms with Crippen LogP contribution in [0.5, 0.6) is 0 Å². The molecule has 0 saturated heterocycles. The molecule has 3 aromatic heterocycles. The van der Waals surface area contributed by atoms with Crippen molar-refractivity contribution in [3.05, 3.63) is 56.1 Å². The minimum Gasteiger partial charge on any atom is -0.469 e. The summed E-state index contributed by atoms with van der Waals surface area (Å²) in [4.78, 5) is 41.8. The van der Waals surface area contributed by atoms with Gasteiger partial charge in [-0.15, -0.1) is 34.4 Å². The van der Waals surface area contributed by atoms with Gasteiger partial charge in [0.2, 0.25) is 5.91 Å². The van der Waals surface area contributed by atoms with Crippen LogP contribution in [0.1, 0.15) is 23.0 Å². The molecule has 27 heavy (non-hydrogen) atoms. The maximum Gasteiger partial charge on any atom is 0.307 e. The number of carbonyl (C=O) groups is 2. The molecule has 142 valence electrons. The lowest BCUT2D eigenvalue weighted by atomic mass is 10.1. The average Bonchev–Trinajstić information content (AvgIpc) is 3.33. The molecular weight excluding hydrogens is 406 g/mol. The van der Waals surface area contributed by atoms with Gasteiger partial charge in [-0.25, -0.2) is 4.98 Å². The Bertz CT molecular complexity index is 981. The lowest BCUT2D eigenvalue weighted by molar-refractivity contribution is -0.141. The van der Waals surface area contributed by atoms with Crippen molar-refractivity contribution in [2.45, 2.75) is 18.2 Å². The van der Waals surface area contributed by atoms with Crippen LogP contribution >= 0.6 is 34.4 Å². The van der Waals surface area contributed by atoms with E-state index in [1.807, 2.05) is 17.5 Å². The fraction of sp³-hybridized carbons (Fsp3) is 0.294. The predicted molar refractivity (Wildman–Crippen MR) is 107 cm³/mol. The molecule has 3 aromatic rings. The van der Waals surface area contributed by atoms with Gasteiger partial charge in [-0.2, -0.15) is 0 Å². The Kier molecular flexibility index (Phi) is 6.64. The van der Waals surface area contributed by atoms with Crippen molar-refractivity contribution in [1.29, 1.82) is 0 Å². The highest BCUT2D eigenvalue weighted by Gasteiger charge is 2.19. The summed E-state index contributed by atoms with van der Waals surface area (Å²) in [5.74, 6) is 0.0956. The van der Waals surface area contributed by atoms with E-state index in [9.17, 15) is 14.4 Å². The number of nitrogens with one attached hydrogen (secondary N) is 1. The third-order valence-electron chi connectivity index (χ3n) is 3.66.